The Hall–Kier alpha value is -2.54. The maximum Gasteiger partial charge on any atom is 0.254 e. The lowest BCUT2D eigenvalue weighted by Crippen LogP contribution is -2.38. The summed E-state index contributed by atoms with van der Waals surface area (Å²) < 4.78 is 11.3. The van der Waals surface area contributed by atoms with Crippen molar-refractivity contribution < 1.29 is 19.1 Å². The molecule has 0 aromatic heterocycles. The Kier molecular flexibility index (Phi) is 6.32. The molecule has 0 N–H and O–H groups in total. The van der Waals surface area contributed by atoms with Crippen LogP contribution in [-0.4, -0.2) is 30.1 Å². The first kappa shape index (κ1) is 23.2. The van der Waals surface area contributed by atoms with E-state index < -0.39 is 0 Å². The van der Waals surface area contributed by atoms with E-state index >= 15 is 0 Å². The number of benzene rings is 2. The first-order valence-electron chi connectivity index (χ1n) is 10.9. The summed E-state index contributed by atoms with van der Waals surface area (Å²) in [6, 6.07) is 8.45. The molecule has 2 aromatic carbocycles. The second kappa shape index (κ2) is 9.25. The van der Waals surface area contributed by atoms with Crippen molar-refractivity contribution in [3.8, 4) is 11.5 Å². The standard InChI is InChI=1S/C25H21Cl3N2O4/c1-33-20-9-13(8-19(28)23(20)34-12-16-6-7-17(26)10-18(16)27)11-29-30-24(31)21-14-2-3-15(5-4-14)22(21)25(30)32/h2-3,6-11,14-15,21-22H,4-5,12H2,1H3/b29-11-/t14-,15-,21-,22+/m0/s1. The topological polar surface area (TPSA) is 68.2 Å². The van der Waals surface area contributed by atoms with Crippen molar-refractivity contribution in [3.63, 3.8) is 0 Å². The molecule has 0 spiro atoms. The highest BCUT2D eigenvalue weighted by Gasteiger charge is 2.56. The lowest BCUT2D eigenvalue weighted by atomic mass is 9.63. The molecule has 1 aliphatic heterocycles. The molecule has 1 saturated carbocycles. The quantitative estimate of drug-likeness (QED) is 0.276. The molecule has 2 fully saturated rings. The molecule has 6 nitrogen and oxygen atoms in total. The molecule has 9 heteroatoms. The van der Waals surface area contributed by atoms with Crippen molar-refractivity contribution in [1.29, 1.82) is 0 Å². The number of fused-ring (bicyclic) bond motifs is 1. The molecule has 1 saturated heterocycles. The van der Waals surface area contributed by atoms with Crippen LogP contribution < -0.4 is 9.47 Å². The number of imide groups is 1. The largest absolute Gasteiger partial charge is 0.493 e. The number of amides is 2. The van der Waals surface area contributed by atoms with Crippen molar-refractivity contribution in [2.24, 2.45) is 28.8 Å². The number of rotatable bonds is 6. The fourth-order valence-electron chi connectivity index (χ4n) is 5.04. The Bertz CT molecular complexity index is 1200. The molecule has 3 aliphatic carbocycles. The number of nitrogens with zero attached hydrogens (tertiary/aromatic N) is 2. The summed E-state index contributed by atoms with van der Waals surface area (Å²) in [4.78, 5) is 25.9. The molecule has 0 radical (unpaired) electrons. The molecule has 2 bridgehead atoms. The SMILES string of the molecule is COc1cc(/C=N\N2C(=O)[C@@H]3[C@H](C2=O)[C@H]2C=C[C@H]3CC2)cc(Cl)c1OCc1ccc(Cl)cc1Cl. The van der Waals surface area contributed by atoms with Crippen LogP contribution in [0.25, 0.3) is 0 Å². The van der Waals surface area contributed by atoms with Crippen LogP contribution in [0.5, 0.6) is 11.5 Å². The van der Waals surface area contributed by atoms with Gasteiger partial charge in [-0.2, -0.15) is 10.1 Å². The number of ether oxygens (including phenoxy) is 2. The zero-order chi connectivity index (χ0) is 24.0. The van der Waals surface area contributed by atoms with Gasteiger partial charge in [-0.15, -0.1) is 0 Å². The lowest BCUT2D eigenvalue weighted by Gasteiger charge is -2.37. The van der Waals surface area contributed by atoms with Gasteiger partial charge in [0.05, 0.1) is 30.2 Å². The summed E-state index contributed by atoms with van der Waals surface area (Å²) in [5, 5.41) is 6.56. The second-order valence-electron chi connectivity index (χ2n) is 8.63. The van der Waals surface area contributed by atoms with Gasteiger partial charge in [-0.3, -0.25) is 9.59 Å². The third-order valence-electron chi connectivity index (χ3n) is 6.70. The molecule has 34 heavy (non-hydrogen) atoms. The van der Waals surface area contributed by atoms with Gasteiger partial charge in [-0.1, -0.05) is 53.0 Å². The number of carbonyl (C=O) groups is 2. The van der Waals surface area contributed by atoms with Crippen molar-refractivity contribution in [3.05, 3.63) is 68.7 Å². The fourth-order valence-corrected chi connectivity index (χ4v) is 5.78. The molecule has 6 rings (SSSR count). The number of allylic oxidation sites excluding steroid dienone is 2. The summed E-state index contributed by atoms with van der Waals surface area (Å²) in [7, 11) is 1.50. The molecule has 2 amide bonds. The summed E-state index contributed by atoms with van der Waals surface area (Å²) in [5.41, 5.74) is 1.31. The van der Waals surface area contributed by atoms with Gasteiger partial charge >= 0.3 is 0 Å². The minimum atomic E-state index is -0.304. The van der Waals surface area contributed by atoms with Gasteiger partial charge in [-0.05, 0) is 54.5 Å². The molecule has 2 aromatic rings. The molecule has 4 aliphatic rings. The van der Waals surface area contributed by atoms with E-state index in [0.29, 0.717) is 32.1 Å². The Balaban J connectivity index is 1.34. The van der Waals surface area contributed by atoms with E-state index in [4.69, 9.17) is 44.3 Å². The number of hydrogen-bond acceptors (Lipinski definition) is 5. The number of methoxy groups -OCH3 is 1. The molecule has 0 unspecified atom stereocenters. The normalized spacial score (nSPS) is 25.4. The van der Waals surface area contributed by atoms with Crippen LogP contribution in [0.2, 0.25) is 15.1 Å². The van der Waals surface area contributed by atoms with Crippen molar-refractivity contribution in [2.75, 3.05) is 7.11 Å². The van der Waals surface area contributed by atoms with E-state index in [1.165, 1.54) is 13.3 Å². The highest BCUT2D eigenvalue weighted by molar-refractivity contribution is 6.35. The van der Waals surface area contributed by atoms with Crippen LogP contribution in [0, 0.1) is 23.7 Å². The van der Waals surface area contributed by atoms with Crippen LogP contribution in [0.4, 0.5) is 0 Å². The second-order valence-corrected chi connectivity index (χ2v) is 9.88. The monoisotopic (exact) mass is 518 g/mol. The number of hydrogen-bond donors (Lipinski definition) is 0. The van der Waals surface area contributed by atoms with Crippen LogP contribution in [0.3, 0.4) is 0 Å². The third kappa shape index (κ3) is 4.08. The summed E-state index contributed by atoms with van der Waals surface area (Å²) in [6.07, 6.45) is 7.47. The molecular formula is C25H21Cl3N2O4. The van der Waals surface area contributed by atoms with Gasteiger partial charge in [0.25, 0.3) is 11.8 Å². The Morgan fingerprint density at radius 1 is 1.00 bits per heavy atom. The minimum Gasteiger partial charge on any atom is -0.493 e. The van der Waals surface area contributed by atoms with Crippen LogP contribution in [0.1, 0.15) is 24.0 Å². The lowest BCUT2D eigenvalue weighted by molar-refractivity contribution is -0.140. The van der Waals surface area contributed by atoms with Gasteiger partial charge in [0.15, 0.2) is 11.5 Å². The maximum atomic E-state index is 12.9. The third-order valence-corrected chi connectivity index (χ3v) is 7.56. The number of hydrazone groups is 1. The predicted octanol–water partition coefficient (Wildman–Crippen LogP) is 5.77. The van der Waals surface area contributed by atoms with Crippen LogP contribution >= 0.6 is 34.8 Å². The van der Waals surface area contributed by atoms with Crippen LogP contribution in [-0.2, 0) is 16.2 Å². The predicted molar refractivity (Wildman–Crippen MR) is 131 cm³/mol. The van der Waals surface area contributed by atoms with E-state index in [0.717, 1.165) is 23.4 Å². The zero-order valence-corrected chi connectivity index (χ0v) is 20.5. The van der Waals surface area contributed by atoms with Gasteiger partial charge < -0.3 is 9.47 Å². The summed E-state index contributed by atoms with van der Waals surface area (Å²) >= 11 is 18.6. The Morgan fingerprint density at radius 2 is 1.68 bits per heavy atom. The van der Waals surface area contributed by atoms with Crippen molar-refractivity contribution >= 4 is 52.8 Å². The Labute approximate surface area is 212 Å². The van der Waals surface area contributed by atoms with E-state index in [9.17, 15) is 9.59 Å². The van der Waals surface area contributed by atoms with E-state index in [1.807, 2.05) is 0 Å². The number of carbonyl (C=O) groups excluding carboxylic acids is 2. The molecule has 1 heterocycles. The van der Waals surface area contributed by atoms with Gasteiger partial charge in [0.1, 0.15) is 6.61 Å². The van der Waals surface area contributed by atoms with Gasteiger partial charge in [0.2, 0.25) is 0 Å². The fraction of sp³-hybridized carbons (Fsp3) is 0.320. The first-order valence-corrected chi connectivity index (χ1v) is 12.0. The average molecular weight is 520 g/mol. The molecular weight excluding hydrogens is 499 g/mol. The molecule has 176 valence electrons. The maximum absolute atomic E-state index is 12.9. The van der Waals surface area contributed by atoms with Crippen molar-refractivity contribution in [2.45, 2.75) is 19.4 Å². The van der Waals surface area contributed by atoms with Gasteiger partial charge in [-0.25, -0.2) is 0 Å². The highest BCUT2D eigenvalue weighted by atomic mass is 35.5. The number of halogens is 3. The van der Waals surface area contributed by atoms with Gasteiger partial charge in [0, 0.05) is 15.6 Å². The van der Waals surface area contributed by atoms with Crippen LogP contribution in [0.15, 0.2) is 47.6 Å². The highest BCUT2D eigenvalue weighted by Crippen LogP contribution is 2.49. The average Bonchev–Trinajstić information content (AvgIpc) is 3.10. The Morgan fingerprint density at radius 3 is 2.26 bits per heavy atom. The first-order chi connectivity index (χ1) is 16.4. The smallest absolute Gasteiger partial charge is 0.254 e. The minimum absolute atomic E-state index is 0.117. The summed E-state index contributed by atoms with van der Waals surface area (Å²) in [5.74, 6) is -0.114. The van der Waals surface area contributed by atoms with E-state index in [2.05, 4.69) is 17.3 Å². The summed E-state index contributed by atoms with van der Waals surface area (Å²) in [6.45, 7) is 0.162. The molecule has 4 atom stereocenters. The van der Waals surface area contributed by atoms with E-state index in [1.54, 1.807) is 30.3 Å². The van der Waals surface area contributed by atoms with Crippen molar-refractivity contribution in [1.82, 2.24) is 5.01 Å². The zero-order valence-electron chi connectivity index (χ0n) is 18.2. The van der Waals surface area contributed by atoms with E-state index in [-0.39, 0.29) is 42.1 Å².